The van der Waals surface area contributed by atoms with E-state index in [0.29, 0.717) is 5.56 Å². The molecule has 1 rings (SSSR count). The molecule has 0 atom stereocenters. The molecule has 0 saturated carbocycles. The number of carbonyl (C=O) groups is 1. The van der Waals surface area contributed by atoms with Gasteiger partial charge in [0.25, 0.3) is 0 Å². The Morgan fingerprint density at radius 1 is 1.33 bits per heavy atom. The normalized spacial score (nSPS) is 12.4. The Bertz CT molecular complexity index is 323. The van der Waals surface area contributed by atoms with Crippen molar-refractivity contribution in [2.75, 3.05) is 0 Å². The van der Waals surface area contributed by atoms with Crippen molar-refractivity contribution in [3.8, 4) is 0 Å². The summed E-state index contributed by atoms with van der Waals surface area (Å²) < 4.78 is 7.10. The molecule has 0 radical (unpaired) electrons. The van der Waals surface area contributed by atoms with Crippen molar-refractivity contribution >= 4 is 6.26 Å². The van der Waals surface area contributed by atoms with Gasteiger partial charge in [0.05, 0.1) is 0 Å². The van der Waals surface area contributed by atoms with E-state index in [1.165, 1.54) is 0 Å². The van der Waals surface area contributed by atoms with Gasteiger partial charge in [0, 0.05) is 5.56 Å². The van der Waals surface area contributed by atoms with Crippen molar-refractivity contribution in [3.63, 3.8) is 0 Å². The molecule has 0 aliphatic rings. The molecule has 0 N–H and O–H groups in total. The molecule has 0 aliphatic heterocycles. The quantitative estimate of drug-likeness (QED) is 0.582. The SMILES string of the molecule is [2H]C(=O)c1ccccc1C(C)(C)C. The highest BCUT2D eigenvalue weighted by Crippen LogP contribution is 2.24. The van der Waals surface area contributed by atoms with Crippen molar-refractivity contribution in [1.82, 2.24) is 0 Å². The van der Waals surface area contributed by atoms with E-state index >= 15 is 0 Å². The van der Waals surface area contributed by atoms with Gasteiger partial charge in [0.2, 0.25) is 0 Å². The van der Waals surface area contributed by atoms with Gasteiger partial charge in [-0.1, -0.05) is 45.0 Å². The number of hydrogen-bond donors (Lipinski definition) is 0. The summed E-state index contributed by atoms with van der Waals surface area (Å²) in [6.45, 7) is 6.11. The van der Waals surface area contributed by atoms with Crippen LogP contribution in [0.25, 0.3) is 0 Å². The van der Waals surface area contributed by atoms with Gasteiger partial charge < -0.3 is 0 Å². The fourth-order valence-electron chi connectivity index (χ4n) is 1.23. The first-order valence-electron chi connectivity index (χ1n) is 4.53. The average molecular weight is 163 g/mol. The maximum absolute atomic E-state index is 11.0. The molecule has 1 nitrogen and oxygen atoms in total. The van der Waals surface area contributed by atoms with Gasteiger partial charge in [-0.05, 0) is 11.0 Å². The van der Waals surface area contributed by atoms with Crippen molar-refractivity contribution < 1.29 is 6.17 Å². The molecular weight excluding hydrogens is 148 g/mol. The Morgan fingerprint density at radius 3 is 2.33 bits per heavy atom. The zero-order valence-corrected chi connectivity index (χ0v) is 7.72. The molecule has 64 valence electrons. The summed E-state index contributed by atoms with van der Waals surface area (Å²) in [6.07, 6.45) is -0.606. The smallest absolute Gasteiger partial charge is 0.150 e. The lowest BCUT2D eigenvalue weighted by Gasteiger charge is -2.20. The first-order chi connectivity index (χ1) is 5.93. The van der Waals surface area contributed by atoms with E-state index in [1.807, 2.05) is 32.9 Å². The predicted molar refractivity (Wildman–Crippen MR) is 50.5 cm³/mol. The summed E-state index contributed by atoms with van der Waals surface area (Å²) in [5.41, 5.74) is 1.37. The minimum atomic E-state index is -0.606. The maximum atomic E-state index is 11.0. The Morgan fingerprint density at radius 2 is 1.92 bits per heavy atom. The van der Waals surface area contributed by atoms with Gasteiger partial charge in [0.1, 0.15) is 7.63 Å². The second kappa shape index (κ2) is 3.10. The van der Waals surface area contributed by atoms with Crippen molar-refractivity contribution in [3.05, 3.63) is 35.4 Å². The summed E-state index contributed by atoms with van der Waals surface area (Å²) in [4.78, 5) is 11.0. The van der Waals surface area contributed by atoms with Crippen LogP contribution >= 0.6 is 0 Å². The molecule has 1 aromatic carbocycles. The molecule has 1 heteroatoms. The largest absolute Gasteiger partial charge is 0.298 e. The van der Waals surface area contributed by atoms with Crippen LogP contribution < -0.4 is 0 Å². The second-order valence-corrected chi connectivity index (χ2v) is 3.90. The lowest BCUT2D eigenvalue weighted by Crippen LogP contribution is -2.13. The third-order valence-electron chi connectivity index (χ3n) is 1.85. The van der Waals surface area contributed by atoms with Crippen LogP contribution in [-0.4, -0.2) is 6.26 Å². The minimum Gasteiger partial charge on any atom is -0.298 e. The fourth-order valence-corrected chi connectivity index (χ4v) is 1.23. The Kier molecular flexibility index (Phi) is 1.94. The van der Waals surface area contributed by atoms with Gasteiger partial charge in [-0.3, -0.25) is 4.79 Å². The molecule has 0 aromatic heterocycles. The first-order valence-corrected chi connectivity index (χ1v) is 4.03. The highest BCUT2D eigenvalue weighted by atomic mass is 16.1. The van der Waals surface area contributed by atoms with Crippen LogP contribution in [0.15, 0.2) is 24.3 Å². The summed E-state index contributed by atoms with van der Waals surface area (Å²) in [6, 6.07) is 7.29. The number of aldehydes is 1. The lowest BCUT2D eigenvalue weighted by atomic mass is 9.84. The summed E-state index contributed by atoms with van der Waals surface area (Å²) in [5, 5.41) is 0. The first kappa shape index (κ1) is 7.53. The van der Waals surface area contributed by atoms with Crippen molar-refractivity contribution in [2.45, 2.75) is 26.2 Å². The third-order valence-corrected chi connectivity index (χ3v) is 1.85. The maximum Gasteiger partial charge on any atom is 0.150 e. The van der Waals surface area contributed by atoms with Crippen LogP contribution in [0.3, 0.4) is 0 Å². The monoisotopic (exact) mass is 163 g/mol. The molecule has 0 saturated heterocycles. The predicted octanol–water partition coefficient (Wildman–Crippen LogP) is 2.80. The van der Waals surface area contributed by atoms with Gasteiger partial charge in [-0.25, -0.2) is 0 Å². The van der Waals surface area contributed by atoms with Gasteiger partial charge in [-0.15, -0.1) is 0 Å². The van der Waals surface area contributed by atoms with Gasteiger partial charge in [0.15, 0.2) is 0 Å². The number of hydrogen-bond acceptors (Lipinski definition) is 1. The summed E-state index contributed by atoms with van der Waals surface area (Å²) >= 11 is 0. The van der Waals surface area contributed by atoms with Crippen molar-refractivity contribution in [2.24, 2.45) is 0 Å². The third kappa shape index (κ3) is 1.73. The van der Waals surface area contributed by atoms with E-state index in [1.54, 1.807) is 12.1 Å². The molecule has 1 aromatic rings. The molecule has 0 fully saturated rings. The molecule has 0 bridgehead atoms. The van der Waals surface area contributed by atoms with Crippen molar-refractivity contribution in [1.29, 1.82) is 0 Å². The number of rotatable bonds is 1. The highest BCUT2D eigenvalue weighted by Gasteiger charge is 2.16. The van der Waals surface area contributed by atoms with E-state index < -0.39 is 6.26 Å². The van der Waals surface area contributed by atoms with Crippen LogP contribution in [0.2, 0.25) is 0 Å². The Balaban J connectivity index is 3.28. The van der Waals surface area contributed by atoms with Gasteiger partial charge >= 0.3 is 0 Å². The topological polar surface area (TPSA) is 17.1 Å². The Labute approximate surface area is 74.8 Å². The molecule has 12 heavy (non-hydrogen) atoms. The zero-order valence-electron chi connectivity index (χ0n) is 8.72. The summed E-state index contributed by atoms with van der Waals surface area (Å²) in [5.74, 6) is 0. The van der Waals surface area contributed by atoms with E-state index in [9.17, 15) is 4.79 Å². The molecule has 0 heterocycles. The number of carbonyl (C=O) groups excluding carboxylic acids is 1. The molecular formula is C11H14O. The fraction of sp³-hybridized carbons (Fsp3) is 0.364. The Hall–Kier alpha value is -1.11. The highest BCUT2D eigenvalue weighted by molar-refractivity contribution is 5.77. The summed E-state index contributed by atoms with van der Waals surface area (Å²) in [7, 11) is 0. The van der Waals surface area contributed by atoms with Crippen LogP contribution in [0, 0.1) is 0 Å². The van der Waals surface area contributed by atoms with E-state index in [2.05, 4.69) is 0 Å². The van der Waals surface area contributed by atoms with Gasteiger partial charge in [-0.2, -0.15) is 0 Å². The molecule has 0 aliphatic carbocycles. The zero-order chi connectivity index (χ0) is 10.1. The van der Waals surface area contributed by atoms with E-state index in [-0.39, 0.29) is 5.41 Å². The molecule has 0 spiro atoms. The van der Waals surface area contributed by atoms with E-state index in [0.717, 1.165) is 5.56 Å². The van der Waals surface area contributed by atoms with Crippen LogP contribution in [0.5, 0.6) is 0 Å². The minimum absolute atomic E-state index is 0.0761. The molecule has 0 amide bonds. The second-order valence-electron chi connectivity index (χ2n) is 3.90. The molecule has 0 unspecified atom stereocenters. The average Bonchev–Trinajstić information content (AvgIpc) is 2.03. The number of benzene rings is 1. The standard InChI is InChI=1S/C11H14O/c1-11(2,3)10-7-5-4-6-9(10)8-12/h4-8H,1-3H3/i8D. The van der Waals surface area contributed by atoms with Crippen LogP contribution in [0.1, 0.15) is 38.1 Å². The van der Waals surface area contributed by atoms with Crippen LogP contribution in [0.4, 0.5) is 0 Å². The lowest BCUT2D eigenvalue weighted by molar-refractivity contribution is 0.112. The van der Waals surface area contributed by atoms with E-state index in [4.69, 9.17) is 1.37 Å². The van der Waals surface area contributed by atoms with Crippen LogP contribution in [-0.2, 0) is 5.41 Å².